The summed E-state index contributed by atoms with van der Waals surface area (Å²) in [4.78, 5) is 36.2. The minimum Gasteiger partial charge on any atom is -0.414 e. The maximum atomic E-state index is 13.1. The van der Waals surface area contributed by atoms with Crippen LogP contribution in [0.1, 0.15) is 54.2 Å². The highest BCUT2D eigenvalue weighted by Crippen LogP contribution is 2.42. The van der Waals surface area contributed by atoms with Crippen LogP contribution in [0.4, 0.5) is 10.6 Å². The molecule has 0 radical (unpaired) electrons. The Labute approximate surface area is 221 Å². The Bertz CT molecular complexity index is 1180. The van der Waals surface area contributed by atoms with Gasteiger partial charge >= 0.3 is 11.7 Å². The van der Waals surface area contributed by atoms with E-state index in [0.29, 0.717) is 24.2 Å². The molecule has 3 rings (SSSR count). The molecule has 11 nitrogen and oxygen atoms in total. The Morgan fingerprint density at radius 3 is 2.32 bits per heavy atom. The molecule has 1 saturated heterocycles. The van der Waals surface area contributed by atoms with Crippen LogP contribution in [0, 0.1) is 0 Å². The van der Waals surface area contributed by atoms with Crippen molar-refractivity contribution < 1.29 is 18.4 Å². The molecule has 1 unspecified atom stereocenters. The minimum absolute atomic E-state index is 0.0151. The van der Waals surface area contributed by atoms with E-state index < -0.39 is 34.6 Å². The molecule has 0 bridgehead atoms. The third-order valence-corrected chi connectivity index (χ3v) is 17.1. The first-order chi connectivity index (χ1) is 16.9. The maximum absolute atomic E-state index is 13.1. The van der Waals surface area contributed by atoms with Gasteiger partial charge in [0.05, 0.1) is 12.7 Å². The zero-order valence-electron chi connectivity index (χ0n) is 24.1. The molecule has 1 aliphatic rings. The number of anilines is 1. The molecule has 0 saturated carbocycles. The number of hydrogen-bond acceptors (Lipinski definition) is 7. The largest absolute Gasteiger partial charge is 0.414 e. The predicted octanol–water partition coefficient (Wildman–Crippen LogP) is 4.57. The normalized spacial score (nSPS) is 21.4. The molecule has 3 N–H and O–H groups in total. The lowest BCUT2D eigenvalue weighted by atomic mass is 10.2. The quantitative estimate of drug-likeness (QED) is 0.429. The molecule has 3 heterocycles. The van der Waals surface area contributed by atoms with E-state index in [1.807, 2.05) is 0 Å². The van der Waals surface area contributed by atoms with E-state index >= 15 is 0 Å². The van der Waals surface area contributed by atoms with Gasteiger partial charge in [-0.3, -0.25) is 5.32 Å². The molecule has 0 aromatic carbocycles. The SMILES string of the molecule is CNC(=O)Nc1ncnc2c1[nH]c(=O)n2[C@H]1CC(O[Si](C)(C)C(C)(C)C)[C@@H](CO[Si](C)(C)C(C)(C)C)O1. The molecule has 2 aromatic rings. The first-order valence-electron chi connectivity index (χ1n) is 12.8. The molecular weight excluding hydrogens is 508 g/mol. The van der Waals surface area contributed by atoms with E-state index in [4.69, 9.17) is 13.6 Å². The van der Waals surface area contributed by atoms with Crippen LogP contribution in [-0.2, 0) is 13.6 Å². The molecule has 37 heavy (non-hydrogen) atoms. The second kappa shape index (κ2) is 10.2. The molecule has 0 aliphatic carbocycles. The van der Waals surface area contributed by atoms with Crippen molar-refractivity contribution in [3.63, 3.8) is 0 Å². The van der Waals surface area contributed by atoms with Gasteiger partial charge in [0.2, 0.25) is 0 Å². The molecular formula is C24H44N6O5Si2. The molecule has 0 spiro atoms. The number of aromatic nitrogens is 4. The monoisotopic (exact) mass is 552 g/mol. The van der Waals surface area contributed by atoms with Crippen molar-refractivity contribution in [2.75, 3.05) is 19.0 Å². The Morgan fingerprint density at radius 2 is 1.76 bits per heavy atom. The first kappa shape index (κ1) is 29.5. The van der Waals surface area contributed by atoms with Crippen molar-refractivity contribution >= 4 is 39.6 Å². The van der Waals surface area contributed by atoms with Crippen molar-refractivity contribution in [1.29, 1.82) is 0 Å². The lowest BCUT2D eigenvalue weighted by Gasteiger charge is -2.40. The summed E-state index contributed by atoms with van der Waals surface area (Å²) >= 11 is 0. The van der Waals surface area contributed by atoms with Gasteiger partial charge in [-0.2, -0.15) is 0 Å². The van der Waals surface area contributed by atoms with Gasteiger partial charge in [0.15, 0.2) is 28.1 Å². The number of carbonyl (C=O) groups excluding carboxylic acids is 1. The highest BCUT2D eigenvalue weighted by molar-refractivity contribution is 6.74. The number of aromatic amines is 1. The van der Waals surface area contributed by atoms with Crippen LogP contribution in [0.2, 0.25) is 36.3 Å². The van der Waals surface area contributed by atoms with Crippen LogP contribution in [-0.4, -0.2) is 68.0 Å². The molecule has 3 atom stereocenters. The molecule has 13 heteroatoms. The Hall–Kier alpha value is -2.07. The molecule has 2 aromatic heterocycles. The van der Waals surface area contributed by atoms with Crippen molar-refractivity contribution in [2.24, 2.45) is 0 Å². The number of hydrogen-bond donors (Lipinski definition) is 3. The van der Waals surface area contributed by atoms with Gasteiger partial charge < -0.3 is 23.9 Å². The van der Waals surface area contributed by atoms with Crippen LogP contribution >= 0.6 is 0 Å². The average Bonchev–Trinajstić information content (AvgIpc) is 3.30. The van der Waals surface area contributed by atoms with Gasteiger partial charge in [-0.15, -0.1) is 0 Å². The van der Waals surface area contributed by atoms with E-state index in [-0.39, 0.29) is 28.1 Å². The van der Waals surface area contributed by atoms with Crippen LogP contribution in [0.15, 0.2) is 11.1 Å². The van der Waals surface area contributed by atoms with Crippen LogP contribution in [0.5, 0.6) is 0 Å². The summed E-state index contributed by atoms with van der Waals surface area (Å²) in [6.45, 7) is 22.5. The summed E-state index contributed by atoms with van der Waals surface area (Å²) in [5.41, 5.74) is 0.300. The number of H-pyrrole nitrogens is 1. The number of carbonyl (C=O) groups is 1. The standard InChI is InChI=1S/C24H44N6O5Si2/c1-23(2,3)36(8,9)33-13-16-15(35-37(10,11)24(4,5)6)12-17(34-16)30-20-18(28-22(30)32)19(26-14-27-20)29-21(31)25-7/h14-17H,12-13H2,1-11H3,(H,28,32)(H2,25,26,27,29,31)/t15?,16-,17-/m1/s1. The Balaban J connectivity index is 1.96. The second-order valence-electron chi connectivity index (χ2n) is 12.8. The Morgan fingerprint density at radius 1 is 1.14 bits per heavy atom. The van der Waals surface area contributed by atoms with E-state index in [0.717, 1.165) is 0 Å². The van der Waals surface area contributed by atoms with Crippen molar-refractivity contribution in [2.45, 2.75) is 103 Å². The summed E-state index contributed by atoms with van der Waals surface area (Å²) < 4.78 is 21.3. The Kier molecular flexibility index (Phi) is 8.17. The summed E-state index contributed by atoms with van der Waals surface area (Å²) in [6, 6.07) is -0.448. The number of nitrogens with one attached hydrogen (secondary N) is 3. The van der Waals surface area contributed by atoms with Crippen LogP contribution < -0.4 is 16.3 Å². The van der Waals surface area contributed by atoms with E-state index in [1.54, 1.807) is 0 Å². The van der Waals surface area contributed by atoms with Gasteiger partial charge in [-0.1, -0.05) is 41.5 Å². The summed E-state index contributed by atoms with van der Waals surface area (Å²) in [7, 11) is -2.67. The molecule has 208 valence electrons. The number of fused-ring (bicyclic) bond motifs is 1. The van der Waals surface area contributed by atoms with E-state index in [1.165, 1.54) is 17.9 Å². The van der Waals surface area contributed by atoms with Gasteiger partial charge in [0.1, 0.15) is 24.2 Å². The molecule has 1 aliphatic heterocycles. The summed E-state index contributed by atoms with van der Waals surface area (Å²) in [6.07, 6.45) is 0.612. The third kappa shape index (κ3) is 6.16. The minimum atomic E-state index is -2.14. The fraction of sp³-hybridized carbons (Fsp3) is 0.750. The number of nitrogens with zero attached hydrogens (tertiary/aromatic N) is 3. The fourth-order valence-corrected chi connectivity index (χ4v) is 6.04. The van der Waals surface area contributed by atoms with E-state index in [2.05, 4.69) is 93.3 Å². The fourth-order valence-electron chi connectivity index (χ4n) is 3.66. The average molecular weight is 553 g/mol. The zero-order valence-corrected chi connectivity index (χ0v) is 26.1. The smallest absolute Gasteiger partial charge is 0.329 e. The van der Waals surface area contributed by atoms with Crippen LogP contribution in [0.25, 0.3) is 11.2 Å². The van der Waals surface area contributed by atoms with Gasteiger partial charge in [-0.25, -0.2) is 24.1 Å². The number of rotatable bonds is 7. The first-order valence-corrected chi connectivity index (χ1v) is 18.6. The second-order valence-corrected chi connectivity index (χ2v) is 22.3. The molecule has 2 amide bonds. The van der Waals surface area contributed by atoms with Gasteiger partial charge in [-0.05, 0) is 36.3 Å². The predicted molar refractivity (Wildman–Crippen MR) is 150 cm³/mol. The highest BCUT2D eigenvalue weighted by Gasteiger charge is 2.47. The highest BCUT2D eigenvalue weighted by atomic mass is 28.4. The zero-order chi connectivity index (χ0) is 28.0. The summed E-state index contributed by atoms with van der Waals surface area (Å²) in [5.74, 6) is 0.213. The maximum Gasteiger partial charge on any atom is 0.329 e. The number of urea groups is 1. The summed E-state index contributed by atoms with van der Waals surface area (Å²) in [5, 5.41) is 5.17. The van der Waals surface area contributed by atoms with Crippen molar-refractivity contribution in [3.8, 4) is 0 Å². The lowest BCUT2D eigenvalue weighted by molar-refractivity contribution is -0.0393. The van der Waals surface area contributed by atoms with Gasteiger partial charge in [0.25, 0.3) is 0 Å². The lowest BCUT2D eigenvalue weighted by Crippen LogP contribution is -2.48. The molecule has 1 fully saturated rings. The number of amides is 2. The topological polar surface area (TPSA) is 132 Å². The van der Waals surface area contributed by atoms with Crippen molar-refractivity contribution in [3.05, 3.63) is 16.8 Å². The van der Waals surface area contributed by atoms with Crippen LogP contribution in [0.3, 0.4) is 0 Å². The number of ether oxygens (including phenoxy) is 1. The van der Waals surface area contributed by atoms with E-state index in [9.17, 15) is 9.59 Å². The number of imidazole rings is 1. The van der Waals surface area contributed by atoms with Crippen molar-refractivity contribution in [1.82, 2.24) is 24.8 Å². The van der Waals surface area contributed by atoms with Gasteiger partial charge in [0, 0.05) is 13.5 Å². The third-order valence-electron chi connectivity index (χ3n) is 8.10.